The number of nitrogens with one attached hydrogen (secondary N) is 1. The first-order valence-corrected chi connectivity index (χ1v) is 8.55. The number of carbonyl (C=O) groups is 2. The molecule has 0 fully saturated rings. The summed E-state index contributed by atoms with van der Waals surface area (Å²) in [5.41, 5.74) is 1.37. The first-order valence-electron chi connectivity index (χ1n) is 8.55. The maximum absolute atomic E-state index is 12.4. The molecule has 2 aromatic heterocycles. The lowest BCUT2D eigenvalue weighted by atomic mass is 10.0. The summed E-state index contributed by atoms with van der Waals surface area (Å²) >= 11 is 0. The van der Waals surface area contributed by atoms with Gasteiger partial charge in [-0.05, 0) is 36.8 Å². The van der Waals surface area contributed by atoms with Crippen molar-refractivity contribution in [2.24, 2.45) is 0 Å². The minimum atomic E-state index is -1.19. The van der Waals surface area contributed by atoms with Crippen LogP contribution in [0.25, 0.3) is 11.3 Å². The number of pyridine rings is 1. The molecule has 144 valence electrons. The third-order valence-electron chi connectivity index (χ3n) is 4.14. The molecule has 3 aromatic rings. The largest absolute Gasteiger partial charge is 0.497 e. The molecule has 0 saturated heterocycles. The van der Waals surface area contributed by atoms with Crippen molar-refractivity contribution in [2.45, 2.75) is 19.4 Å². The Morgan fingerprint density at radius 1 is 1.29 bits per heavy atom. The molecule has 1 aromatic carbocycles. The second-order valence-electron chi connectivity index (χ2n) is 6.13. The molecule has 1 atom stereocenters. The zero-order chi connectivity index (χ0) is 20.1. The van der Waals surface area contributed by atoms with E-state index in [0.29, 0.717) is 11.3 Å². The number of ether oxygens (including phenoxy) is 1. The molecule has 0 aliphatic rings. The van der Waals surface area contributed by atoms with Crippen molar-refractivity contribution in [1.29, 1.82) is 0 Å². The Morgan fingerprint density at radius 3 is 2.79 bits per heavy atom. The predicted molar refractivity (Wildman–Crippen MR) is 99.9 cm³/mol. The molecule has 0 radical (unpaired) electrons. The van der Waals surface area contributed by atoms with E-state index in [2.05, 4.69) is 15.5 Å². The highest BCUT2D eigenvalue weighted by molar-refractivity contribution is 5.96. The lowest BCUT2D eigenvalue weighted by Gasteiger charge is -2.12. The first-order chi connectivity index (χ1) is 13.5. The molecule has 8 nitrogen and oxygen atoms in total. The number of carboxylic acids is 1. The third-order valence-corrected chi connectivity index (χ3v) is 4.14. The fourth-order valence-corrected chi connectivity index (χ4v) is 2.83. The van der Waals surface area contributed by atoms with E-state index in [0.717, 1.165) is 5.56 Å². The fourth-order valence-electron chi connectivity index (χ4n) is 2.83. The van der Waals surface area contributed by atoms with Gasteiger partial charge in [-0.3, -0.25) is 9.78 Å². The number of methoxy groups -OCH3 is 1. The Bertz CT molecular complexity index is 985. The summed E-state index contributed by atoms with van der Waals surface area (Å²) < 4.78 is 10.4. The van der Waals surface area contributed by atoms with E-state index in [-0.39, 0.29) is 29.3 Å². The van der Waals surface area contributed by atoms with Gasteiger partial charge in [-0.25, -0.2) is 4.79 Å². The maximum Gasteiger partial charge on any atom is 0.341 e. The summed E-state index contributed by atoms with van der Waals surface area (Å²) in [6, 6.07) is 9.84. The van der Waals surface area contributed by atoms with Crippen LogP contribution in [0.5, 0.6) is 5.75 Å². The minimum Gasteiger partial charge on any atom is -0.497 e. The third kappa shape index (κ3) is 4.17. The Balaban J connectivity index is 1.78. The molecular weight excluding hydrogens is 362 g/mol. The molecule has 1 unspecified atom stereocenters. The van der Waals surface area contributed by atoms with Crippen LogP contribution in [0.3, 0.4) is 0 Å². The van der Waals surface area contributed by atoms with Gasteiger partial charge in [0.15, 0.2) is 5.76 Å². The molecule has 2 N–H and O–H groups in total. The van der Waals surface area contributed by atoms with Crippen LogP contribution < -0.4 is 10.1 Å². The predicted octanol–water partition coefficient (Wildman–Crippen LogP) is 2.86. The van der Waals surface area contributed by atoms with Gasteiger partial charge in [0.1, 0.15) is 17.0 Å². The van der Waals surface area contributed by atoms with E-state index in [9.17, 15) is 14.7 Å². The van der Waals surface area contributed by atoms with E-state index >= 15 is 0 Å². The number of carbonyl (C=O) groups excluding carboxylic acids is 1. The standard InChI is InChI=1S/C20H19N3O5/c1-12(22-16(24)10-13-5-3-7-15(9-13)27-2)19-17(20(25)26)18(23-28-19)14-6-4-8-21-11-14/h3-9,11-12H,10H2,1-2H3,(H,22,24)(H,25,26). The van der Waals surface area contributed by atoms with Gasteiger partial charge in [-0.15, -0.1) is 0 Å². The SMILES string of the molecule is COc1cccc(CC(=O)NC(C)c2onc(-c3cccnc3)c2C(=O)O)c1. The van der Waals surface area contributed by atoms with Crippen molar-refractivity contribution in [3.8, 4) is 17.0 Å². The van der Waals surface area contributed by atoms with Crippen molar-refractivity contribution in [1.82, 2.24) is 15.5 Å². The number of carboxylic acid groups (broad SMARTS) is 1. The van der Waals surface area contributed by atoms with Crippen LogP contribution in [-0.2, 0) is 11.2 Å². The Labute approximate surface area is 161 Å². The van der Waals surface area contributed by atoms with E-state index in [1.807, 2.05) is 6.07 Å². The second-order valence-corrected chi connectivity index (χ2v) is 6.13. The summed E-state index contributed by atoms with van der Waals surface area (Å²) in [4.78, 5) is 28.1. The molecule has 0 bridgehead atoms. The van der Waals surface area contributed by atoms with Crippen molar-refractivity contribution in [2.75, 3.05) is 7.11 Å². The van der Waals surface area contributed by atoms with Gasteiger partial charge in [-0.2, -0.15) is 0 Å². The van der Waals surface area contributed by atoms with Gasteiger partial charge < -0.3 is 19.7 Å². The van der Waals surface area contributed by atoms with Crippen molar-refractivity contribution < 1.29 is 24.0 Å². The molecule has 0 spiro atoms. The van der Waals surface area contributed by atoms with Crippen molar-refractivity contribution in [3.63, 3.8) is 0 Å². The molecule has 0 saturated carbocycles. The van der Waals surface area contributed by atoms with Crippen molar-refractivity contribution in [3.05, 3.63) is 65.7 Å². The zero-order valence-electron chi connectivity index (χ0n) is 15.4. The summed E-state index contributed by atoms with van der Waals surface area (Å²) in [6.07, 6.45) is 3.19. The van der Waals surface area contributed by atoms with Crippen LogP contribution >= 0.6 is 0 Å². The Hall–Kier alpha value is -3.68. The van der Waals surface area contributed by atoms with Gasteiger partial charge in [0.2, 0.25) is 5.91 Å². The minimum absolute atomic E-state index is 0.0744. The molecule has 2 heterocycles. The number of hydrogen-bond donors (Lipinski definition) is 2. The van der Waals surface area contributed by atoms with Gasteiger partial charge >= 0.3 is 5.97 Å². The first kappa shape index (κ1) is 19.1. The summed E-state index contributed by atoms with van der Waals surface area (Å²) in [7, 11) is 1.55. The Kier molecular flexibility index (Phi) is 5.69. The molecule has 8 heteroatoms. The van der Waals surface area contributed by atoms with Crippen LogP contribution in [0.15, 0.2) is 53.3 Å². The van der Waals surface area contributed by atoms with E-state index in [1.165, 1.54) is 6.20 Å². The van der Waals surface area contributed by atoms with E-state index in [1.54, 1.807) is 50.6 Å². The quantitative estimate of drug-likeness (QED) is 0.647. The van der Waals surface area contributed by atoms with E-state index in [4.69, 9.17) is 9.26 Å². The van der Waals surface area contributed by atoms with Crippen LogP contribution in [0.2, 0.25) is 0 Å². The lowest BCUT2D eigenvalue weighted by Crippen LogP contribution is -2.28. The number of aromatic carboxylic acids is 1. The normalized spacial score (nSPS) is 11.6. The zero-order valence-corrected chi connectivity index (χ0v) is 15.4. The number of nitrogens with zero attached hydrogens (tertiary/aromatic N) is 2. The number of amides is 1. The van der Waals surface area contributed by atoms with Crippen molar-refractivity contribution >= 4 is 11.9 Å². The van der Waals surface area contributed by atoms with Crippen LogP contribution in [-0.4, -0.2) is 34.2 Å². The summed E-state index contributed by atoms with van der Waals surface area (Å²) in [6.45, 7) is 1.64. The highest BCUT2D eigenvalue weighted by Gasteiger charge is 2.28. The van der Waals surface area contributed by atoms with Gasteiger partial charge in [-0.1, -0.05) is 17.3 Å². The second kappa shape index (κ2) is 8.34. The number of aromatic nitrogens is 2. The fraction of sp³-hybridized carbons (Fsp3) is 0.200. The van der Waals surface area contributed by atoms with E-state index < -0.39 is 12.0 Å². The molecule has 3 rings (SSSR count). The van der Waals surface area contributed by atoms with Gasteiger partial charge in [0.05, 0.1) is 19.6 Å². The topological polar surface area (TPSA) is 115 Å². The van der Waals surface area contributed by atoms with Gasteiger partial charge in [0.25, 0.3) is 0 Å². The average molecular weight is 381 g/mol. The maximum atomic E-state index is 12.4. The smallest absolute Gasteiger partial charge is 0.341 e. The van der Waals surface area contributed by atoms with Crippen LogP contribution in [0.1, 0.15) is 34.6 Å². The van der Waals surface area contributed by atoms with Crippen LogP contribution in [0, 0.1) is 0 Å². The van der Waals surface area contributed by atoms with Crippen LogP contribution in [0.4, 0.5) is 0 Å². The monoisotopic (exact) mass is 381 g/mol. The highest BCUT2D eigenvalue weighted by atomic mass is 16.5. The Morgan fingerprint density at radius 2 is 2.11 bits per heavy atom. The number of hydrogen-bond acceptors (Lipinski definition) is 6. The highest BCUT2D eigenvalue weighted by Crippen LogP contribution is 2.28. The molecular formula is C20H19N3O5. The summed E-state index contributed by atoms with van der Waals surface area (Å²) in [5, 5.41) is 16.3. The number of rotatable bonds is 7. The van der Waals surface area contributed by atoms with Gasteiger partial charge in [0, 0.05) is 18.0 Å². The summed E-state index contributed by atoms with van der Waals surface area (Å²) in [5.74, 6) is -0.742. The molecule has 28 heavy (non-hydrogen) atoms. The average Bonchev–Trinajstić information content (AvgIpc) is 3.14. The molecule has 1 amide bonds. The molecule has 0 aliphatic heterocycles. The lowest BCUT2D eigenvalue weighted by molar-refractivity contribution is -0.121. The molecule has 0 aliphatic carbocycles. The number of benzene rings is 1.